The summed E-state index contributed by atoms with van der Waals surface area (Å²) in [6.07, 6.45) is 5.69. The van der Waals surface area contributed by atoms with E-state index in [1.807, 2.05) is 41.8 Å². The van der Waals surface area contributed by atoms with E-state index in [2.05, 4.69) is 22.4 Å². The minimum absolute atomic E-state index is 0.0928. The van der Waals surface area contributed by atoms with Crippen molar-refractivity contribution in [1.29, 1.82) is 0 Å². The zero-order chi connectivity index (χ0) is 15.1. The molecule has 1 N–H and O–H groups in total. The Balaban J connectivity index is 1.59. The fourth-order valence-electron chi connectivity index (χ4n) is 3.13. The molecule has 0 saturated heterocycles. The molecule has 0 radical (unpaired) electrons. The number of carbonyl (C=O) groups excluding carboxylic acids is 1. The molecule has 1 aliphatic carbocycles. The van der Waals surface area contributed by atoms with E-state index >= 15 is 0 Å². The Morgan fingerprint density at radius 3 is 3.09 bits per heavy atom. The summed E-state index contributed by atoms with van der Waals surface area (Å²) in [5, 5.41) is 3.11. The van der Waals surface area contributed by atoms with Crippen LogP contribution in [-0.2, 0) is 6.42 Å². The molecule has 1 amide bonds. The second-order valence-electron chi connectivity index (χ2n) is 5.86. The Bertz CT molecular complexity index is 866. The Morgan fingerprint density at radius 1 is 1.32 bits per heavy atom. The van der Waals surface area contributed by atoms with Crippen LogP contribution in [0.5, 0.6) is 0 Å². The Kier molecular flexibility index (Phi) is 2.96. The molecule has 0 bridgehead atoms. The van der Waals surface area contributed by atoms with Crippen LogP contribution in [-0.4, -0.2) is 15.3 Å². The molecule has 4 rings (SSSR count). The number of aryl methyl sites for hydroxylation is 2. The summed E-state index contributed by atoms with van der Waals surface area (Å²) in [4.78, 5) is 16.9. The van der Waals surface area contributed by atoms with Gasteiger partial charge < -0.3 is 9.72 Å². The van der Waals surface area contributed by atoms with Crippen LogP contribution >= 0.6 is 0 Å². The van der Waals surface area contributed by atoms with Crippen LogP contribution in [0.15, 0.2) is 48.8 Å². The zero-order valence-electron chi connectivity index (χ0n) is 12.4. The first kappa shape index (κ1) is 13.1. The summed E-state index contributed by atoms with van der Waals surface area (Å²) in [6.45, 7) is 2.02. The average molecular weight is 291 g/mol. The number of hydrogen-bond acceptors (Lipinski definition) is 2. The predicted molar refractivity (Wildman–Crippen MR) is 84.9 cm³/mol. The monoisotopic (exact) mass is 291 g/mol. The summed E-state index contributed by atoms with van der Waals surface area (Å²) < 4.78 is 1.88. The van der Waals surface area contributed by atoms with E-state index in [1.165, 1.54) is 11.1 Å². The molecule has 1 aromatic carbocycles. The molecule has 0 spiro atoms. The molecule has 0 unspecified atom stereocenters. The van der Waals surface area contributed by atoms with Crippen LogP contribution in [0.1, 0.15) is 39.6 Å². The lowest BCUT2D eigenvalue weighted by Gasteiger charge is -2.12. The third kappa shape index (κ3) is 2.17. The molecule has 110 valence electrons. The molecule has 0 saturated carbocycles. The van der Waals surface area contributed by atoms with Crippen LogP contribution in [0, 0.1) is 6.92 Å². The lowest BCUT2D eigenvalue weighted by atomic mass is 10.1. The Hall–Kier alpha value is -2.62. The summed E-state index contributed by atoms with van der Waals surface area (Å²) in [5.41, 5.74) is 4.97. The Labute approximate surface area is 128 Å². The van der Waals surface area contributed by atoms with Gasteiger partial charge in [0.15, 0.2) is 0 Å². The topological polar surface area (TPSA) is 46.4 Å². The normalized spacial score (nSPS) is 16.7. The minimum Gasteiger partial charge on any atom is -0.344 e. The molecule has 1 aliphatic rings. The van der Waals surface area contributed by atoms with Crippen molar-refractivity contribution < 1.29 is 4.79 Å². The van der Waals surface area contributed by atoms with Gasteiger partial charge in [-0.25, -0.2) is 4.98 Å². The van der Waals surface area contributed by atoms with E-state index in [1.54, 1.807) is 6.20 Å². The quantitative estimate of drug-likeness (QED) is 0.788. The predicted octanol–water partition coefficient (Wildman–Crippen LogP) is 3.06. The van der Waals surface area contributed by atoms with Gasteiger partial charge in [0.25, 0.3) is 5.91 Å². The van der Waals surface area contributed by atoms with Gasteiger partial charge in [-0.1, -0.05) is 24.3 Å². The molecule has 0 aliphatic heterocycles. The summed E-state index contributed by atoms with van der Waals surface area (Å²) in [5.74, 6) is -0.108. The number of aromatic nitrogens is 2. The Morgan fingerprint density at radius 2 is 2.18 bits per heavy atom. The van der Waals surface area contributed by atoms with Crippen molar-refractivity contribution >= 4 is 11.6 Å². The second-order valence-corrected chi connectivity index (χ2v) is 5.86. The van der Waals surface area contributed by atoms with Gasteiger partial charge in [0, 0.05) is 12.4 Å². The number of fused-ring (bicyclic) bond motifs is 2. The van der Waals surface area contributed by atoms with Gasteiger partial charge in [0.2, 0.25) is 0 Å². The van der Waals surface area contributed by atoms with Crippen LogP contribution < -0.4 is 5.32 Å². The highest BCUT2D eigenvalue weighted by Gasteiger charge is 2.24. The largest absolute Gasteiger partial charge is 0.344 e. The number of benzene rings is 1. The molecule has 2 heterocycles. The van der Waals surface area contributed by atoms with Crippen molar-refractivity contribution in [2.75, 3.05) is 0 Å². The third-order valence-electron chi connectivity index (χ3n) is 4.29. The number of imidazole rings is 1. The first-order chi connectivity index (χ1) is 10.7. The fraction of sp³-hybridized carbons (Fsp3) is 0.222. The molecule has 2 aromatic heterocycles. The first-order valence-electron chi connectivity index (χ1n) is 7.55. The number of nitrogens with zero attached hydrogens (tertiary/aromatic N) is 2. The summed E-state index contributed by atoms with van der Waals surface area (Å²) >= 11 is 0. The van der Waals surface area contributed by atoms with Crippen LogP contribution in [0.25, 0.3) is 5.65 Å². The molecule has 3 aromatic rings. The maximum Gasteiger partial charge on any atom is 0.271 e. The fourth-order valence-corrected chi connectivity index (χ4v) is 3.13. The summed E-state index contributed by atoms with van der Waals surface area (Å²) in [6, 6.07) is 12.4. The van der Waals surface area contributed by atoms with Crippen LogP contribution in [0.4, 0.5) is 0 Å². The lowest BCUT2D eigenvalue weighted by molar-refractivity contribution is 0.0932. The van der Waals surface area contributed by atoms with E-state index in [-0.39, 0.29) is 11.9 Å². The van der Waals surface area contributed by atoms with Gasteiger partial charge in [-0.15, -0.1) is 0 Å². The second kappa shape index (κ2) is 4.98. The van der Waals surface area contributed by atoms with Crippen molar-refractivity contribution in [3.05, 3.63) is 71.2 Å². The lowest BCUT2D eigenvalue weighted by Crippen LogP contribution is -2.27. The minimum atomic E-state index is -0.108. The first-order valence-corrected chi connectivity index (χ1v) is 7.55. The molecule has 22 heavy (non-hydrogen) atoms. The highest BCUT2D eigenvalue weighted by atomic mass is 16.2. The zero-order valence-corrected chi connectivity index (χ0v) is 12.4. The molecular formula is C18H17N3O. The average Bonchev–Trinajstić information content (AvgIpc) is 3.11. The highest BCUT2D eigenvalue weighted by molar-refractivity contribution is 5.93. The van der Waals surface area contributed by atoms with Crippen molar-refractivity contribution in [3.63, 3.8) is 0 Å². The summed E-state index contributed by atoms with van der Waals surface area (Å²) in [7, 11) is 0. The number of nitrogens with one attached hydrogen (secondary N) is 1. The highest BCUT2D eigenvalue weighted by Crippen LogP contribution is 2.30. The van der Waals surface area contributed by atoms with Crippen molar-refractivity contribution in [2.24, 2.45) is 0 Å². The van der Waals surface area contributed by atoms with Gasteiger partial charge in [-0.3, -0.25) is 4.79 Å². The van der Waals surface area contributed by atoms with Crippen LogP contribution in [0.3, 0.4) is 0 Å². The SMILES string of the molecule is Cc1ccn2cc(C(=O)N[C@@H]3CCc4ccccc43)nc2c1. The molecule has 4 heteroatoms. The van der Waals surface area contributed by atoms with Crippen molar-refractivity contribution in [1.82, 2.24) is 14.7 Å². The van der Waals surface area contributed by atoms with Gasteiger partial charge in [-0.05, 0) is 48.6 Å². The van der Waals surface area contributed by atoms with Crippen LogP contribution in [0.2, 0.25) is 0 Å². The number of amides is 1. The molecular weight excluding hydrogens is 274 g/mol. The maximum atomic E-state index is 12.5. The third-order valence-corrected chi connectivity index (χ3v) is 4.29. The van der Waals surface area contributed by atoms with E-state index < -0.39 is 0 Å². The molecule has 0 fully saturated rings. The van der Waals surface area contributed by atoms with E-state index in [9.17, 15) is 4.79 Å². The standard InChI is InChI=1S/C18H17N3O/c1-12-8-9-21-11-16(19-17(21)10-12)18(22)20-15-7-6-13-4-2-3-5-14(13)15/h2-5,8-11,15H,6-7H2,1H3,(H,20,22)/t15-/m1/s1. The van der Waals surface area contributed by atoms with Gasteiger partial charge in [-0.2, -0.15) is 0 Å². The van der Waals surface area contributed by atoms with E-state index in [0.29, 0.717) is 5.69 Å². The van der Waals surface area contributed by atoms with Crippen molar-refractivity contribution in [2.45, 2.75) is 25.8 Å². The number of pyridine rings is 1. The number of hydrogen-bond donors (Lipinski definition) is 1. The van der Waals surface area contributed by atoms with Crippen molar-refractivity contribution in [3.8, 4) is 0 Å². The smallest absolute Gasteiger partial charge is 0.271 e. The maximum absolute atomic E-state index is 12.5. The number of carbonyl (C=O) groups is 1. The van der Waals surface area contributed by atoms with Gasteiger partial charge >= 0.3 is 0 Å². The van der Waals surface area contributed by atoms with Gasteiger partial charge in [0.05, 0.1) is 6.04 Å². The number of rotatable bonds is 2. The van der Waals surface area contributed by atoms with E-state index in [4.69, 9.17) is 0 Å². The molecule has 1 atom stereocenters. The molecule has 4 nitrogen and oxygen atoms in total. The van der Waals surface area contributed by atoms with Gasteiger partial charge in [0.1, 0.15) is 11.3 Å². The van der Waals surface area contributed by atoms with E-state index in [0.717, 1.165) is 24.1 Å².